The van der Waals surface area contributed by atoms with Crippen molar-refractivity contribution in [2.75, 3.05) is 32.8 Å². The summed E-state index contributed by atoms with van der Waals surface area (Å²) in [5, 5.41) is 5.40. The van der Waals surface area contributed by atoms with E-state index in [1.54, 1.807) is 0 Å². The lowest BCUT2D eigenvalue weighted by atomic mass is 10.1. The number of ether oxygens (including phenoxy) is 1. The summed E-state index contributed by atoms with van der Waals surface area (Å²) in [4.78, 5) is 39.7. The lowest BCUT2D eigenvalue weighted by molar-refractivity contribution is -0.133. The third-order valence-corrected chi connectivity index (χ3v) is 5.02. The summed E-state index contributed by atoms with van der Waals surface area (Å²) in [6, 6.07) is 9.15. The third kappa shape index (κ3) is 5.08. The van der Waals surface area contributed by atoms with Crippen molar-refractivity contribution in [1.82, 2.24) is 20.4 Å². The Morgan fingerprint density at radius 3 is 2.71 bits per heavy atom. The van der Waals surface area contributed by atoms with E-state index in [0.29, 0.717) is 19.7 Å². The smallest absolute Gasteiger partial charge is 0.325 e. The Morgan fingerprint density at radius 1 is 1.29 bits per heavy atom. The minimum absolute atomic E-state index is 0.0178. The van der Waals surface area contributed by atoms with Gasteiger partial charge in [-0.25, -0.2) is 4.79 Å². The van der Waals surface area contributed by atoms with E-state index in [2.05, 4.69) is 27.7 Å². The van der Waals surface area contributed by atoms with Gasteiger partial charge in [-0.1, -0.05) is 44.2 Å². The summed E-state index contributed by atoms with van der Waals surface area (Å²) in [5.41, 5.74) is 1.24. The molecule has 1 aromatic carbocycles. The van der Waals surface area contributed by atoms with E-state index in [-0.39, 0.29) is 30.4 Å². The van der Waals surface area contributed by atoms with Gasteiger partial charge in [0.25, 0.3) is 5.91 Å². The number of nitrogens with one attached hydrogen (secondary N) is 2. The highest BCUT2D eigenvalue weighted by atomic mass is 16.5. The lowest BCUT2D eigenvalue weighted by Crippen LogP contribution is -2.49. The summed E-state index contributed by atoms with van der Waals surface area (Å²) < 4.78 is 5.74. The molecule has 152 valence electrons. The van der Waals surface area contributed by atoms with Crippen LogP contribution in [-0.2, 0) is 20.9 Å². The molecule has 2 aliphatic rings. The molecule has 2 atom stereocenters. The first kappa shape index (κ1) is 20.3. The zero-order valence-corrected chi connectivity index (χ0v) is 16.4. The van der Waals surface area contributed by atoms with Gasteiger partial charge in [0.2, 0.25) is 5.91 Å². The van der Waals surface area contributed by atoms with Crippen molar-refractivity contribution in [3.63, 3.8) is 0 Å². The largest absolute Gasteiger partial charge is 0.374 e. The standard InChI is InChI=1S/C20H28N4O4/c1-14(2)18-19(26)24(20(27)22-18)13-17(25)21-10-16-12-23(8-9-28-16)11-15-6-4-3-5-7-15/h3-7,14,16,18H,8-13H2,1-2H3,(H,21,25)(H,22,27)/t16-,18-/m0/s1. The maximum atomic E-state index is 12.2. The molecule has 0 aromatic heterocycles. The first-order valence-corrected chi connectivity index (χ1v) is 9.70. The molecule has 0 aliphatic carbocycles. The normalized spacial score (nSPS) is 23.2. The van der Waals surface area contributed by atoms with Crippen LogP contribution in [0.3, 0.4) is 0 Å². The van der Waals surface area contributed by atoms with E-state index < -0.39 is 12.1 Å². The minimum Gasteiger partial charge on any atom is -0.374 e. The molecule has 28 heavy (non-hydrogen) atoms. The predicted molar refractivity (Wildman–Crippen MR) is 103 cm³/mol. The van der Waals surface area contributed by atoms with Gasteiger partial charge in [0.15, 0.2) is 0 Å². The van der Waals surface area contributed by atoms with E-state index >= 15 is 0 Å². The fourth-order valence-corrected chi connectivity index (χ4v) is 3.46. The summed E-state index contributed by atoms with van der Waals surface area (Å²) in [6.45, 7) is 6.80. The van der Waals surface area contributed by atoms with Crippen molar-refractivity contribution in [1.29, 1.82) is 0 Å². The Kier molecular flexibility index (Phi) is 6.64. The number of nitrogens with zero attached hydrogens (tertiary/aromatic N) is 2. The molecule has 2 N–H and O–H groups in total. The van der Waals surface area contributed by atoms with Crippen molar-refractivity contribution in [2.24, 2.45) is 5.92 Å². The topological polar surface area (TPSA) is 91.0 Å². The molecule has 2 heterocycles. The maximum absolute atomic E-state index is 12.2. The number of carbonyl (C=O) groups excluding carboxylic acids is 3. The van der Waals surface area contributed by atoms with Crippen molar-refractivity contribution >= 4 is 17.8 Å². The van der Waals surface area contributed by atoms with E-state index in [0.717, 1.165) is 18.0 Å². The van der Waals surface area contributed by atoms with Gasteiger partial charge in [-0.15, -0.1) is 0 Å². The number of benzene rings is 1. The second kappa shape index (κ2) is 9.16. The van der Waals surface area contributed by atoms with E-state index in [4.69, 9.17) is 4.74 Å². The van der Waals surface area contributed by atoms with Crippen LogP contribution in [0.5, 0.6) is 0 Å². The second-order valence-electron chi connectivity index (χ2n) is 7.61. The monoisotopic (exact) mass is 388 g/mol. The molecule has 8 heteroatoms. The molecule has 3 rings (SSSR count). The maximum Gasteiger partial charge on any atom is 0.325 e. The third-order valence-electron chi connectivity index (χ3n) is 5.02. The van der Waals surface area contributed by atoms with Gasteiger partial charge in [-0.3, -0.25) is 19.4 Å². The highest BCUT2D eigenvalue weighted by Crippen LogP contribution is 2.13. The van der Waals surface area contributed by atoms with Gasteiger partial charge >= 0.3 is 6.03 Å². The Bertz CT molecular complexity index is 709. The van der Waals surface area contributed by atoms with E-state index in [1.807, 2.05) is 32.0 Å². The molecule has 0 unspecified atom stereocenters. The molecule has 2 aliphatic heterocycles. The quantitative estimate of drug-likeness (QED) is 0.667. The van der Waals surface area contributed by atoms with Crippen LogP contribution < -0.4 is 10.6 Å². The Balaban J connectivity index is 1.44. The molecule has 4 amide bonds. The molecule has 8 nitrogen and oxygen atoms in total. The Hall–Kier alpha value is -2.45. The number of morpholine rings is 1. The zero-order valence-electron chi connectivity index (χ0n) is 16.4. The number of hydrogen-bond donors (Lipinski definition) is 2. The highest BCUT2D eigenvalue weighted by Gasteiger charge is 2.40. The summed E-state index contributed by atoms with van der Waals surface area (Å²) in [6.07, 6.45) is -0.118. The number of rotatable bonds is 7. The van der Waals surface area contributed by atoms with Crippen LogP contribution in [0.1, 0.15) is 19.4 Å². The van der Waals surface area contributed by atoms with Crippen molar-refractivity contribution < 1.29 is 19.1 Å². The molecular weight excluding hydrogens is 360 g/mol. The van der Waals surface area contributed by atoms with Gasteiger partial charge in [0.1, 0.15) is 12.6 Å². The zero-order chi connectivity index (χ0) is 20.1. The number of urea groups is 1. The summed E-state index contributed by atoms with van der Waals surface area (Å²) >= 11 is 0. The average Bonchev–Trinajstić information content (AvgIpc) is 2.96. The highest BCUT2D eigenvalue weighted by molar-refractivity contribution is 6.06. The minimum atomic E-state index is -0.562. The molecule has 0 radical (unpaired) electrons. The van der Waals surface area contributed by atoms with Crippen molar-refractivity contribution in [3.8, 4) is 0 Å². The van der Waals surface area contributed by atoms with Gasteiger partial charge < -0.3 is 15.4 Å². The van der Waals surface area contributed by atoms with Gasteiger partial charge in [-0.05, 0) is 11.5 Å². The van der Waals surface area contributed by atoms with Gasteiger partial charge in [0, 0.05) is 26.2 Å². The number of carbonyl (C=O) groups is 3. The van der Waals surface area contributed by atoms with Crippen LogP contribution in [0.2, 0.25) is 0 Å². The van der Waals surface area contributed by atoms with Crippen LogP contribution in [0.4, 0.5) is 4.79 Å². The first-order valence-electron chi connectivity index (χ1n) is 9.70. The molecule has 2 saturated heterocycles. The van der Waals surface area contributed by atoms with E-state index in [9.17, 15) is 14.4 Å². The Morgan fingerprint density at radius 2 is 2.04 bits per heavy atom. The van der Waals surface area contributed by atoms with E-state index in [1.165, 1.54) is 5.56 Å². The second-order valence-corrected chi connectivity index (χ2v) is 7.61. The SMILES string of the molecule is CC(C)[C@@H]1NC(=O)N(CC(=O)NC[C@H]2CN(Cc3ccccc3)CCO2)C1=O. The number of hydrogen-bond acceptors (Lipinski definition) is 5. The number of amides is 4. The molecular formula is C20H28N4O4. The molecule has 0 bridgehead atoms. The number of imide groups is 1. The van der Waals surface area contributed by atoms with Crippen LogP contribution in [0.25, 0.3) is 0 Å². The average molecular weight is 388 g/mol. The van der Waals surface area contributed by atoms with Crippen LogP contribution in [0.15, 0.2) is 30.3 Å². The van der Waals surface area contributed by atoms with Crippen molar-refractivity contribution in [2.45, 2.75) is 32.5 Å². The first-order chi connectivity index (χ1) is 13.4. The van der Waals surface area contributed by atoms with Gasteiger partial charge in [-0.2, -0.15) is 0 Å². The molecule has 0 spiro atoms. The predicted octanol–water partition coefficient (Wildman–Crippen LogP) is 0.580. The summed E-state index contributed by atoms with van der Waals surface area (Å²) in [7, 11) is 0. The lowest BCUT2D eigenvalue weighted by Gasteiger charge is -2.33. The fraction of sp³-hybridized carbons (Fsp3) is 0.550. The van der Waals surface area contributed by atoms with Crippen LogP contribution >= 0.6 is 0 Å². The molecule has 2 fully saturated rings. The van der Waals surface area contributed by atoms with Gasteiger partial charge in [0.05, 0.1) is 12.7 Å². The Labute approximate surface area is 165 Å². The summed E-state index contributed by atoms with van der Waals surface area (Å²) in [5.74, 6) is -0.731. The van der Waals surface area contributed by atoms with Crippen LogP contribution in [-0.4, -0.2) is 72.6 Å². The molecule has 1 aromatic rings. The molecule has 0 saturated carbocycles. The van der Waals surface area contributed by atoms with Crippen molar-refractivity contribution in [3.05, 3.63) is 35.9 Å². The fourth-order valence-electron chi connectivity index (χ4n) is 3.46. The van der Waals surface area contributed by atoms with Crippen LogP contribution in [0, 0.1) is 5.92 Å².